The molecule has 0 radical (unpaired) electrons. The van der Waals surface area contributed by atoms with Gasteiger partial charge in [-0.15, -0.1) is 0 Å². The molecule has 0 spiro atoms. The zero-order valence-electron chi connectivity index (χ0n) is 9.85. The van der Waals surface area contributed by atoms with Crippen LogP contribution in [-0.2, 0) is 11.3 Å². The second kappa shape index (κ2) is 7.26. The average molecular weight is 417 g/mol. The van der Waals surface area contributed by atoms with Crippen LogP contribution in [0.25, 0.3) is 0 Å². The van der Waals surface area contributed by atoms with Gasteiger partial charge in [-0.25, -0.2) is 0 Å². The van der Waals surface area contributed by atoms with Gasteiger partial charge in [0.05, 0.1) is 12.7 Å². The van der Waals surface area contributed by atoms with Crippen molar-refractivity contribution in [1.82, 2.24) is 0 Å². The number of hydrogen-bond acceptors (Lipinski definition) is 1. The van der Waals surface area contributed by atoms with Crippen molar-refractivity contribution in [3.63, 3.8) is 0 Å². The van der Waals surface area contributed by atoms with Gasteiger partial charge in [-0.2, -0.15) is 0 Å². The first-order chi connectivity index (χ1) is 8.79. The van der Waals surface area contributed by atoms with E-state index in [1.807, 2.05) is 18.2 Å². The summed E-state index contributed by atoms with van der Waals surface area (Å²) in [7, 11) is 0. The van der Waals surface area contributed by atoms with E-state index < -0.39 is 0 Å². The molecule has 1 nitrogen and oxygen atoms in total. The minimum atomic E-state index is 0.152. The van der Waals surface area contributed by atoms with Gasteiger partial charge in [-0.3, -0.25) is 0 Å². The second-order valence-electron chi connectivity index (χ2n) is 3.99. The van der Waals surface area contributed by atoms with Gasteiger partial charge in [0.25, 0.3) is 0 Å². The second-order valence-corrected chi connectivity index (χ2v) is 5.79. The molecule has 0 aromatic heterocycles. The first kappa shape index (κ1) is 14.0. The average Bonchev–Trinajstić information content (AvgIpc) is 2.42. The van der Waals surface area contributed by atoms with Crippen LogP contribution in [0.5, 0.6) is 0 Å². The van der Waals surface area contributed by atoms with Crippen molar-refractivity contribution in [2.24, 2.45) is 0 Å². The highest BCUT2D eigenvalue weighted by molar-refractivity contribution is 14.1. The van der Waals surface area contributed by atoms with Crippen molar-refractivity contribution in [3.05, 3.63) is 70.2 Å². The van der Waals surface area contributed by atoms with Crippen LogP contribution >= 0.6 is 38.5 Å². The predicted molar refractivity (Wildman–Crippen MR) is 87.0 cm³/mol. The normalized spacial score (nSPS) is 12.3. The summed E-state index contributed by atoms with van der Waals surface area (Å²) in [4.78, 5) is 0. The molecule has 0 saturated heterocycles. The maximum Gasteiger partial charge on any atom is 0.0918 e. The van der Waals surface area contributed by atoms with Gasteiger partial charge in [0.1, 0.15) is 0 Å². The summed E-state index contributed by atoms with van der Waals surface area (Å²) in [6.45, 7) is 0.657. The molecule has 1 atom stereocenters. The van der Waals surface area contributed by atoms with Crippen molar-refractivity contribution in [1.29, 1.82) is 0 Å². The van der Waals surface area contributed by atoms with Crippen LogP contribution in [0, 0.1) is 0 Å². The summed E-state index contributed by atoms with van der Waals surface area (Å²) in [5.41, 5.74) is 2.44. The molecule has 0 bridgehead atoms. The Hall–Kier alpha value is -0.390. The monoisotopic (exact) mass is 416 g/mol. The molecule has 0 heterocycles. The summed E-state index contributed by atoms with van der Waals surface area (Å²) in [5, 5.41) is 0. The Balaban J connectivity index is 1.99. The molecule has 2 rings (SSSR count). The molecule has 0 aliphatic carbocycles. The van der Waals surface area contributed by atoms with Crippen LogP contribution in [0.2, 0.25) is 0 Å². The molecular weight excluding hydrogens is 403 g/mol. The van der Waals surface area contributed by atoms with E-state index in [1.54, 1.807) is 0 Å². The van der Waals surface area contributed by atoms with E-state index in [0.29, 0.717) is 6.61 Å². The molecule has 18 heavy (non-hydrogen) atoms. The number of halogens is 2. The van der Waals surface area contributed by atoms with E-state index in [-0.39, 0.29) is 6.10 Å². The van der Waals surface area contributed by atoms with Gasteiger partial charge in [0.15, 0.2) is 0 Å². The van der Waals surface area contributed by atoms with Crippen LogP contribution in [0.15, 0.2) is 59.1 Å². The summed E-state index contributed by atoms with van der Waals surface area (Å²) >= 11 is 5.82. The molecule has 3 heteroatoms. The Bertz CT molecular complexity index is 470. The van der Waals surface area contributed by atoms with Gasteiger partial charge in [-0.1, -0.05) is 81.0 Å². The summed E-state index contributed by atoms with van der Waals surface area (Å²) in [5.74, 6) is 0. The van der Waals surface area contributed by atoms with E-state index in [0.717, 1.165) is 8.90 Å². The molecule has 0 aliphatic rings. The molecule has 0 N–H and O–H groups in total. The first-order valence-corrected chi connectivity index (χ1v) is 8.08. The molecule has 0 fully saturated rings. The molecule has 0 saturated carbocycles. The summed E-state index contributed by atoms with van der Waals surface area (Å²) < 4.78 is 8.03. The van der Waals surface area contributed by atoms with Crippen molar-refractivity contribution in [2.75, 3.05) is 4.43 Å². The third-order valence-electron chi connectivity index (χ3n) is 2.68. The highest BCUT2D eigenvalue weighted by atomic mass is 127. The van der Waals surface area contributed by atoms with Crippen LogP contribution in [0.3, 0.4) is 0 Å². The topological polar surface area (TPSA) is 9.23 Å². The number of ether oxygens (including phenoxy) is 1. The Morgan fingerprint density at radius 1 is 1.00 bits per heavy atom. The van der Waals surface area contributed by atoms with Crippen LogP contribution in [0.1, 0.15) is 17.2 Å². The third kappa shape index (κ3) is 4.07. The Labute approximate surface area is 130 Å². The lowest BCUT2D eigenvalue weighted by atomic mass is 10.1. The van der Waals surface area contributed by atoms with Crippen LogP contribution < -0.4 is 0 Å². The number of benzene rings is 2. The fourth-order valence-electron chi connectivity index (χ4n) is 1.68. The van der Waals surface area contributed by atoms with E-state index in [2.05, 4.69) is 74.9 Å². The molecule has 0 amide bonds. The maximum absolute atomic E-state index is 5.98. The minimum absolute atomic E-state index is 0.152. The maximum atomic E-state index is 5.98. The SMILES string of the molecule is Brc1ccc(C(CI)OCc2ccccc2)cc1. The van der Waals surface area contributed by atoms with Crippen LogP contribution in [0.4, 0.5) is 0 Å². The molecule has 94 valence electrons. The van der Waals surface area contributed by atoms with E-state index in [9.17, 15) is 0 Å². The smallest absolute Gasteiger partial charge is 0.0918 e. The fourth-order valence-corrected chi connectivity index (χ4v) is 2.71. The van der Waals surface area contributed by atoms with Gasteiger partial charge < -0.3 is 4.74 Å². The minimum Gasteiger partial charge on any atom is -0.368 e. The van der Waals surface area contributed by atoms with Gasteiger partial charge >= 0.3 is 0 Å². The highest BCUT2D eigenvalue weighted by Crippen LogP contribution is 2.23. The Kier molecular flexibility index (Phi) is 5.66. The zero-order valence-corrected chi connectivity index (χ0v) is 13.6. The number of alkyl halides is 1. The Morgan fingerprint density at radius 3 is 2.28 bits per heavy atom. The molecule has 2 aromatic rings. The summed E-state index contributed by atoms with van der Waals surface area (Å²) in [6.07, 6.45) is 0.152. The van der Waals surface area contributed by atoms with E-state index in [4.69, 9.17) is 4.74 Å². The predicted octanol–water partition coefficient (Wildman–Crippen LogP) is 5.14. The largest absolute Gasteiger partial charge is 0.368 e. The van der Waals surface area contributed by atoms with E-state index in [1.165, 1.54) is 11.1 Å². The standard InChI is InChI=1S/C15H14BrIO/c16-14-8-6-13(7-9-14)15(10-17)18-11-12-4-2-1-3-5-12/h1-9,15H,10-11H2. The van der Waals surface area contributed by atoms with Crippen molar-refractivity contribution in [3.8, 4) is 0 Å². The molecule has 1 unspecified atom stereocenters. The lowest BCUT2D eigenvalue weighted by Gasteiger charge is -2.16. The quantitative estimate of drug-likeness (QED) is 0.484. The van der Waals surface area contributed by atoms with Gasteiger partial charge in [-0.05, 0) is 23.3 Å². The first-order valence-electron chi connectivity index (χ1n) is 5.76. The zero-order chi connectivity index (χ0) is 12.8. The third-order valence-corrected chi connectivity index (χ3v) is 4.00. The van der Waals surface area contributed by atoms with Gasteiger partial charge in [0, 0.05) is 8.90 Å². The number of hydrogen-bond donors (Lipinski definition) is 0. The van der Waals surface area contributed by atoms with Gasteiger partial charge in [0.2, 0.25) is 0 Å². The van der Waals surface area contributed by atoms with Crippen molar-refractivity contribution < 1.29 is 4.74 Å². The Morgan fingerprint density at radius 2 is 1.67 bits per heavy atom. The van der Waals surface area contributed by atoms with Crippen LogP contribution in [-0.4, -0.2) is 4.43 Å². The number of rotatable bonds is 5. The van der Waals surface area contributed by atoms with Crippen molar-refractivity contribution >= 4 is 38.5 Å². The van der Waals surface area contributed by atoms with E-state index >= 15 is 0 Å². The molecule has 2 aromatic carbocycles. The highest BCUT2D eigenvalue weighted by Gasteiger charge is 2.10. The molecular formula is C15H14BrIO. The fraction of sp³-hybridized carbons (Fsp3) is 0.200. The van der Waals surface area contributed by atoms with Crippen molar-refractivity contribution in [2.45, 2.75) is 12.7 Å². The lowest BCUT2D eigenvalue weighted by molar-refractivity contribution is 0.0577. The summed E-state index contributed by atoms with van der Waals surface area (Å²) in [6, 6.07) is 18.6. The molecule has 0 aliphatic heterocycles. The lowest BCUT2D eigenvalue weighted by Crippen LogP contribution is -2.05.